The van der Waals surface area contributed by atoms with Crippen LogP contribution >= 0.6 is 0 Å². The van der Waals surface area contributed by atoms with Gasteiger partial charge in [-0.15, -0.1) is 0 Å². The van der Waals surface area contributed by atoms with Crippen molar-refractivity contribution in [2.24, 2.45) is 0 Å². The van der Waals surface area contributed by atoms with Gasteiger partial charge >= 0.3 is 0 Å². The maximum Gasteiger partial charge on any atom is 0.237 e. The van der Waals surface area contributed by atoms with Gasteiger partial charge in [-0.25, -0.2) is 0 Å². The number of hydrogen-bond acceptors (Lipinski definition) is 4. The Kier molecular flexibility index (Phi) is 6.47. The summed E-state index contributed by atoms with van der Waals surface area (Å²) in [6, 6.07) is -0.00328. The molecule has 0 bridgehead atoms. The molecule has 100 valence electrons. The molecule has 1 unspecified atom stereocenters. The van der Waals surface area contributed by atoms with Crippen molar-refractivity contribution in [3.05, 3.63) is 0 Å². The smallest absolute Gasteiger partial charge is 0.237 e. The van der Waals surface area contributed by atoms with Gasteiger partial charge in [0.2, 0.25) is 5.91 Å². The van der Waals surface area contributed by atoms with Gasteiger partial charge < -0.3 is 15.5 Å². The van der Waals surface area contributed by atoms with Gasteiger partial charge in [-0.1, -0.05) is 0 Å². The Morgan fingerprint density at radius 3 is 2.65 bits per heavy atom. The van der Waals surface area contributed by atoms with Gasteiger partial charge in [0.15, 0.2) is 0 Å². The molecule has 1 atom stereocenters. The van der Waals surface area contributed by atoms with Crippen LogP contribution in [0.5, 0.6) is 0 Å². The zero-order valence-corrected chi connectivity index (χ0v) is 11.3. The van der Waals surface area contributed by atoms with Gasteiger partial charge in [-0.2, -0.15) is 0 Å². The first-order valence-corrected chi connectivity index (χ1v) is 6.48. The lowest BCUT2D eigenvalue weighted by molar-refractivity contribution is -0.126. The zero-order chi connectivity index (χ0) is 12.7. The molecular weight excluding hydrogens is 216 g/mol. The summed E-state index contributed by atoms with van der Waals surface area (Å²) in [7, 11) is 4.09. The average Bonchev–Trinajstić information content (AvgIpc) is 2.34. The Bertz CT molecular complexity index is 227. The second-order valence-electron chi connectivity index (χ2n) is 4.91. The molecule has 17 heavy (non-hydrogen) atoms. The van der Waals surface area contributed by atoms with E-state index < -0.39 is 0 Å². The molecule has 0 aromatic rings. The lowest BCUT2D eigenvalue weighted by Gasteiger charge is -2.31. The summed E-state index contributed by atoms with van der Waals surface area (Å²) in [6.07, 6.45) is 1.01. The maximum atomic E-state index is 11.9. The van der Waals surface area contributed by atoms with Gasteiger partial charge in [0.25, 0.3) is 0 Å². The molecule has 2 N–H and O–H groups in total. The molecule has 0 radical (unpaired) electrons. The molecule has 5 heteroatoms. The third-order valence-corrected chi connectivity index (χ3v) is 3.16. The second kappa shape index (κ2) is 7.63. The monoisotopic (exact) mass is 242 g/mol. The normalized spacial score (nSPS) is 19.3. The van der Waals surface area contributed by atoms with E-state index in [1.165, 1.54) is 0 Å². The Balaban J connectivity index is 2.17. The van der Waals surface area contributed by atoms with E-state index in [1.54, 1.807) is 0 Å². The largest absolute Gasteiger partial charge is 0.355 e. The van der Waals surface area contributed by atoms with Gasteiger partial charge in [-0.3, -0.25) is 9.69 Å². The summed E-state index contributed by atoms with van der Waals surface area (Å²) in [5.41, 5.74) is 0. The fraction of sp³-hybridized carbons (Fsp3) is 0.917. The number of amides is 1. The van der Waals surface area contributed by atoms with E-state index in [0.717, 1.165) is 45.7 Å². The predicted molar refractivity (Wildman–Crippen MR) is 70.1 cm³/mol. The molecule has 1 amide bonds. The van der Waals surface area contributed by atoms with Crippen LogP contribution in [0.15, 0.2) is 0 Å². The summed E-state index contributed by atoms with van der Waals surface area (Å²) in [6.45, 7) is 7.68. The minimum absolute atomic E-state index is 0.00328. The highest BCUT2D eigenvalue weighted by Crippen LogP contribution is 2.00. The topological polar surface area (TPSA) is 47.6 Å². The number of piperazine rings is 1. The van der Waals surface area contributed by atoms with Crippen LogP contribution in [-0.4, -0.2) is 75.1 Å². The van der Waals surface area contributed by atoms with Crippen LogP contribution in [0.1, 0.15) is 13.3 Å². The van der Waals surface area contributed by atoms with Gasteiger partial charge in [0, 0.05) is 32.7 Å². The highest BCUT2D eigenvalue weighted by atomic mass is 16.2. The lowest BCUT2D eigenvalue weighted by Crippen LogP contribution is -2.52. The minimum Gasteiger partial charge on any atom is -0.355 e. The zero-order valence-electron chi connectivity index (χ0n) is 11.3. The van der Waals surface area contributed by atoms with Gasteiger partial charge in [0.1, 0.15) is 0 Å². The van der Waals surface area contributed by atoms with Crippen molar-refractivity contribution in [1.82, 2.24) is 20.4 Å². The van der Waals surface area contributed by atoms with Crippen molar-refractivity contribution < 1.29 is 4.79 Å². The van der Waals surface area contributed by atoms with Gasteiger partial charge in [-0.05, 0) is 34.0 Å². The van der Waals surface area contributed by atoms with Crippen molar-refractivity contribution in [1.29, 1.82) is 0 Å². The molecule has 1 fully saturated rings. The Hall–Kier alpha value is -0.650. The molecule has 1 aliphatic rings. The number of carbonyl (C=O) groups is 1. The van der Waals surface area contributed by atoms with Crippen molar-refractivity contribution in [3.63, 3.8) is 0 Å². The van der Waals surface area contributed by atoms with E-state index in [2.05, 4.69) is 20.4 Å². The first kappa shape index (κ1) is 14.4. The van der Waals surface area contributed by atoms with Crippen LogP contribution < -0.4 is 10.6 Å². The number of nitrogens with zero attached hydrogens (tertiary/aromatic N) is 2. The molecule has 0 saturated carbocycles. The van der Waals surface area contributed by atoms with Crippen LogP contribution in [0.2, 0.25) is 0 Å². The fourth-order valence-corrected chi connectivity index (χ4v) is 1.99. The molecule has 0 aromatic heterocycles. The SMILES string of the molecule is CC(C(=O)NCCCN(C)C)N1CCNCC1. The Morgan fingerprint density at radius 1 is 1.41 bits per heavy atom. The fourth-order valence-electron chi connectivity index (χ4n) is 1.99. The first-order chi connectivity index (χ1) is 8.11. The molecule has 0 spiro atoms. The van der Waals surface area contributed by atoms with Crippen molar-refractivity contribution in [3.8, 4) is 0 Å². The highest BCUT2D eigenvalue weighted by Gasteiger charge is 2.21. The highest BCUT2D eigenvalue weighted by molar-refractivity contribution is 5.81. The maximum absolute atomic E-state index is 11.9. The summed E-state index contributed by atoms with van der Waals surface area (Å²) >= 11 is 0. The minimum atomic E-state index is -0.00328. The van der Waals surface area contributed by atoms with E-state index in [0.29, 0.717) is 0 Å². The molecule has 0 aromatic carbocycles. The van der Waals surface area contributed by atoms with Crippen LogP contribution in [0.3, 0.4) is 0 Å². The van der Waals surface area contributed by atoms with E-state index >= 15 is 0 Å². The lowest BCUT2D eigenvalue weighted by atomic mass is 10.2. The van der Waals surface area contributed by atoms with Crippen molar-refractivity contribution in [2.45, 2.75) is 19.4 Å². The van der Waals surface area contributed by atoms with Crippen LogP contribution in [-0.2, 0) is 4.79 Å². The molecule has 1 saturated heterocycles. The second-order valence-corrected chi connectivity index (χ2v) is 4.91. The quantitative estimate of drug-likeness (QED) is 0.608. The standard InChI is InChI=1S/C12H26N4O/c1-11(16-9-6-13-7-10-16)12(17)14-5-4-8-15(2)3/h11,13H,4-10H2,1-3H3,(H,14,17). The summed E-state index contributed by atoms with van der Waals surface area (Å²) in [5, 5.41) is 6.30. The van der Waals surface area contributed by atoms with E-state index in [1.807, 2.05) is 21.0 Å². The van der Waals surface area contributed by atoms with Crippen LogP contribution in [0.4, 0.5) is 0 Å². The third kappa shape index (κ3) is 5.48. The number of carbonyl (C=O) groups excluding carboxylic acids is 1. The summed E-state index contributed by atoms with van der Waals surface area (Å²) in [5.74, 6) is 0.158. The number of rotatable bonds is 6. The van der Waals surface area contributed by atoms with Crippen molar-refractivity contribution >= 4 is 5.91 Å². The number of nitrogens with one attached hydrogen (secondary N) is 2. The van der Waals surface area contributed by atoms with E-state index in [9.17, 15) is 4.79 Å². The molecule has 5 nitrogen and oxygen atoms in total. The third-order valence-electron chi connectivity index (χ3n) is 3.16. The molecule has 1 aliphatic heterocycles. The molecule has 1 rings (SSSR count). The van der Waals surface area contributed by atoms with E-state index in [4.69, 9.17) is 0 Å². The van der Waals surface area contributed by atoms with Crippen LogP contribution in [0.25, 0.3) is 0 Å². The average molecular weight is 242 g/mol. The Morgan fingerprint density at radius 2 is 2.06 bits per heavy atom. The summed E-state index contributed by atoms with van der Waals surface area (Å²) in [4.78, 5) is 16.3. The number of hydrogen-bond donors (Lipinski definition) is 2. The summed E-state index contributed by atoms with van der Waals surface area (Å²) < 4.78 is 0. The molecule has 0 aliphatic carbocycles. The first-order valence-electron chi connectivity index (χ1n) is 6.48. The van der Waals surface area contributed by atoms with Gasteiger partial charge in [0.05, 0.1) is 6.04 Å². The molecular formula is C12H26N4O. The van der Waals surface area contributed by atoms with Crippen molar-refractivity contribution in [2.75, 3.05) is 53.4 Å². The van der Waals surface area contributed by atoms with E-state index in [-0.39, 0.29) is 11.9 Å². The Labute approximate surface area is 105 Å². The predicted octanol–water partition coefficient (Wildman–Crippen LogP) is -0.652. The molecule has 1 heterocycles. The van der Waals surface area contributed by atoms with Crippen LogP contribution in [0, 0.1) is 0 Å².